The summed E-state index contributed by atoms with van der Waals surface area (Å²) < 4.78 is 5.65. The molecule has 1 aromatic heterocycles. The number of ether oxygens (including phenoxy) is 1. The quantitative estimate of drug-likeness (QED) is 0.759. The van der Waals surface area contributed by atoms with E-state index in [1.165, 1.54) is 24.1 Å². The molecular formula is C14H19NO. The molecule has 16 heavy (non-hydrogen) atoms. The van der Waals surface area contributed by atoms with Crippen LogP contribution in [0.25, 0.3) is 0 Å². The molecule has 2 nitrogen and oxygen atoms in total. The second kappa shape index (κ2) is 3.85. The standard InChI is InChI=1S/C14H19NO/c1-9(2)14-4-3-10(7-15-14)13-6-12-5-11(13)8-16-12/h3-4,7,9,11-13H,5-6,8H2,1-2H3. The second-order valence-electron chi connectivity index (χ2n) is 5.46. The molecule has 3 atom stereocenters. The number of aromatic nitrogens is 1. The predicted molar refractivity (Wildman–Crippen MR) is 63.5 cm³/mol. The highest BCUT2D eigenvalue weighted by Crippen LogP contribution is 2.45. The van der Waals surface area contributed by atoms with E-state index in [9.17, 15) is 0 Å². The topological polar surface area (TPSA) is 22.1 Å². The zero-order valence-electron chi connectivity index (χ0n) is 10.0. The van der Waals surface area contributed by atoms with Gasteiger partial charge in [-0.05, 0) is 42.2 Å². The Labute approximate surface area is 97.0 Å². The van der Waals surface area contributed by atoms with Crippen LogP contribution in [0.3, 0.4) is 0 Å². The van der Waals surface area contributed by atoms with Gasteiger partial charge in [0.15, 0.2) is 0 Å². The lowest BCUT2D eigenvalue weighted by Crippen LogP contribution is -2.16. The number of pyridine rings is 1. The molecule has 0 amide bonds. The van der Waals surface area contributed by atoms with Crippen LogP contribution >= 0.6 is 0 Å². The Bertz CT molecular complexity index is 371. The van der Waals surface area contributed by atoms with Gasteiger partial charge in [0.25, 0.3) is 0 Å². The van der Waals surface area contributed by atoms with Gasteiger partial charge in [-0.3, -0.25) is 4.98 Å². The summed E-state index contributed by atoms with van der Waals surface area (Å²) >= 11 is 0. The van der Waals surface area contributed by atoms with Gasteiger partial charge >= 0.3 is 0 Å². The summed E-state index contributed by atoms with van der Waals surface area (Å²) in [4.78, 5) is 4.57. The van der Waals surface area contributed by atoms with Crippen molar-refractivity contribution in [2.24, 2.45) is 5.92 Å². The zero-order valence-corrected chi connectivity index (χ0v) is 10.0. The van der Waals surface area contributed by atoms with E-state index in [4.69, 9.17) is 4.74 Å². The van der Waals surface area contributed by atoms with Gasteiger partial charge in [0.2, 0.25) is 0 Å². The lowest BCUT2D eigenvalue weighted by atomic mass is 9.89. The molecule has 1 saturated carbocycles. The molecule has 0 radical (unpaired) electrons. The first kappa shape index (κ1) is 10.3. The van der Waals surface area contributed by atoms with Crippen molar-refractivity contribution in [2.75, 3.05) is 6.61 Å². The average Bonchev–Trinajstić information content (AvgIpc) is 2.91. The maximum absolute atomic E-state index is 5.65. The maximum Gasteiger partial charge on any atom is 0.0585 e. The number of hydrogen-bond acceptors (Lipinski definition) is 2. The molecule has 0 N–H and O–H groups in total. The number of fused-ring (bicyclic) bond motifs is 2. The van der Waals surface area contributed by atoms with Crippen LogP contribution in [0.15, 0.2) is 18.3 Å². The molecule has 1 saturated heterocycles. The minimum Gasteiger partial charge on any atom is -0.378 e. The fourth-order valence-corrected chi connectivity index (χ4v) is 3.04. The molecule has 2 aliphatic rings. The molecule has 1 aromatic rings. The third-order valence-corrected chi connectivity index (χ3v) is 4.03. The Balaban J connectivity index is 1.80. The molecule has 1 aliphatic heterocycles. The molecule has 2 bridgehead atoms. The maximum atomic E-state index is 5.65. The van der Waals surface area contributed by atoms with Crippen LogP contribution in [-0.2, 0) is 4.74 Å². The zero-order chi connectivity index (χ0) is 11.1. The van der Waals surface area contributed by atoms with Gasteiger partial charge in [0, 0.05) is 11.9 Å². The SMILES string of the molecule is CC(C)c1ccc(C2CC3CC2CO3)cn1. The fraction of sp³-hybridized carbons (Fsp3) is 0.643. The van der Waals surface area contributed by atoms with Crippen LogP contribution in [0.5, 0.6) is 0 Å². The minimum atomic E-state index is 0.525. The van der Waals surface area contributed by atoms with Gasteiger partial charge < -0.3 is 4.74 Å². The van der Waals surface area contributed by atoms with Crippen molar-refractivity contribution in [1.82, 2.24) is 4.98 Å². The summed E-state index contributed by atoms with van der Waals surface area (Å²) in [5.74, 6) is 1.97. The van der Waals surface area contributed by atoms with Crippen LogP contribution < -0.4 is 0 Å². The molecule has 3 unspecified atom stereocenters. The van der Waals surface area contributed by atoms with E-state index in [1.807, 2.05) is 0 Å². The average molecular weight is 217 g/mol. The van der Waals surface area contributed by atoms with E-state index < -0.39 is 0 Å². The smallest absolute Gasteiger partial charge is 0.0585 e. The summed E-state index contributed by atoms with van der Waals surface area (Å²) in [6.07, 6.45) is 5.07. The lowest BCUT2D eigenvalue weighted by molar-refractivity contribution is 0.0682. The van der Waals surface area contributed by atoms with Gasteiger partial charge in [-0.1, -0.05) is 19.9 Å². The molecule has 2 fully saturated rings. The first-order valence-electron chi connectivity index (χ1n) is 6.31. The Morgan fingerprint density at radius 3 is 2.69 bits per heavy atom. The first-order chi connectivity index (χ1) is 7.74. The van der Waals surface area contributed by atoms with Crippen molar-refractivity contribution < 1.29 is 4.74 Å². The van der Waals surface area contributed by atoms with Crippen LogP contribution in [0.2, 0.25) is 0 Å². The third-order valence-electron chi connectivity index (χ3n) is 4.03. The molecule has 86 valence electrons. The Kier molecular flexibility index (Phi) is 2.47. The van der Waals surface area contributed by atoms with Crippen molar-refractivity contribution in [3.8, 4) is 0 Å². The van der Waals surface area contributed by atoms with Crippen LogP contribution in [0.4, 0.5) is 0 Å². The van der Waals surface area contributed by atoms with E-state index in [2.05, 4.69) is 37.2 Å². The number of nitrogens with zero attached hydrogens (tertiary/aromatic N) is 1. The Morgan fingerprint density at radius 1 is 1.31 bits per heavy atom. The monoisotopic (exact) mass is 217 g/mol. The molecule has 3 rings (SSSR count). The van der Waals surface area contributed by atoms with Crippen LogP contribution in [-0.4, -0.2) is 17.7 Å². The number of rotatable bonds is 2. The van der Waals surface area contributed by atoms with Gasteiger partial charge in [-0.15, -0.1) is 0 Å². The van der Waals surface area contributed by atoms with Gasteiger partial charge in [0.1, 0.15) is 0 Å². The molecule has 2 heteroatoms. The van der Waals surface area contributed by atoms with E-state index in [0.717, 1.165) is 12.5 Å². The van der Waals surface area contributed by atoms with Crippen molar-refractivity contribution >= 4 is 0 Å². The highest BCUT2D eigenvalue weighted by Gasteiger charge is 2.41. The van der Waals surface area contributed by atoms with Crippen LogP contribution in [0.1, 0.15) is 49.8 Å². The Morgan fingerprint density at radius 2 is 2.19 bits per heavy atom. The third kappa shape index (κ3) is 1.65. The summed E-state index contributed by atoms with van der Waals surface area (Å²) in [7, 11) is 0. The molecule has 1 aliphatic carbocycles. The molecule has 2 heterocycles. The highest BCUT2D eigenvalue weighted by molar-refractivity contribution is 5.23. The van der Waals surface area contributed by atoms with Gasteiger partial charge in [-0.2, -0.15) is 0 Å². The first-order valence-corrected chi connectivity index (χ1v) is 6.31. The van der Waals surface area contributed by atoms with Crippen molar-refractivity contribution in [2.45, 2.75) is 44.6 Å². The summed E-state index contributed by atoms with van der Waals surface area (Å²) in [6, 6.07) is 4.46. The predicted octanol–water partition coefficient (Wildman–Crippen LogP) is 3.10. The Hall–Kier alpha value is -0.890. The van der Waals surface area contributed by atoms with E-state index in [1.54, 1.807) is 0 Å². The number of hydrogen-bond donors (Lipinski definition) is 0. The van der Waals surface area contributed by atoms with Crippen molar-refractivity contribution in [3.05, 3.63) is 29.6 Å². The fourth-order valence-electron chi connectivity index (χ4n) is 3.04. The van der Waals surface area contributed by atoms with E-state index >= 15 is 0 Å². The second-order valence-corrected chi connectivity index (χ2v) is 5.46. The summed E-state index contributed by atoms with van der Waals surface area (Å²) in [5, 5.41) is 0. The van der Waals surface area contributed by atoms with Crippen LogP contribution in [0, 0.1) is 5.92 Å². The lowest BCUT2D eigenvalue weighted by Gasteiger charge is -2.22. The van der Waals surface area contributed by atoms with Crippen molar-refractivity contribution in [3.63, 3.8) is 0 Å². The molecule has 0 spiro atoms. The summed E-state index contributed by atoms with van der Waals surface area (Å²) in [6.45, 7) is 5.34. The minimum absolute atomic E-state index is 0.525. The normalized spacial score (nSPS) is 32.6. The molecular weight excluding hydrogens is 198 g/mol. The molecule has 0 aromatic carbocycles. The van der Waals surface area contributed by atoms with E-state index in [0.29, 0.717) is 17.9 Å². The summed E-state index contributed by atoms with van der Waals surface area (Å²) in [5.41, 5.74) is 2.61. The van der Waals surface area contributed by atoms with Crippen molar-refractivity contribution in [1.29, 1.82) is 0 Å². The largest absolute Gasteiger partial charge is 0.378 e. The van der Waals surface area contributed by atoms with Gasteiger partial charge in [-0.25, -0.2) is 0 Å². The highest BCUT2D eigenvalue weighted by atomic mass is 16.5. The van der Waals surface area contributed by atoms with Gasteiger partial charge in [0.05, 0.1) is 12.7 Å². The van der Waals surface area contributed by atoms with E-state index in [-0.39, 0.29) is 0 Å².